The Bertz CT molecular complexity index is 1180. The fraction of sp³-hybridized carbons (Fsp3) is 0.273. The van der Waals surface area contributed by atoms with Crippen molar-refractivity contribution in [3.63, 3.8) is 0 Å². The average molecular weight is 434 g/mol. The molecule has 2 aliphatic rings. The lowest BCUT2D eigenvalue weighted by Gasteiger charge is -2.34. The summed E-state index contributed by atoms with van der Waals surface area (Å²) < 4.78 is 4.97. The van der Waals surface area contributed by atoms with Crippen LogP contribution in [-0.2, 0) is 4.74 Å². The summed E-state index contributed by atoms with van der Waals surface area (Å²) in [6, 6.07) is 12.2. The van der Waals surface area contributed by atoms with Crippen LogP contribution in [0.5, 0.6) is 0 Å². The minimum Gasteiger partial charge on any atom is -0.447 e. The minimum atomic E-state index is -0.388. The van der Waals surface area contributed by atoms with E-state index in [1.807, 2.05) is 6.07 Å². The van der Waals surface area contributed by atoms with E-state index in [1.165, 1.54) is 4.90 Å². The van der Waals surface area contributed by atoms with Crippen LogP contribution in [0.2, 0.25) is 0 Å². The van der Waals surface area contributed by atoms with Crippen molar-refractivity contribution >= 4 is 40.4 Å². The monoisotopic (exact) mass is 434 g/mol. The molecule has 2 aromatic carbocycles. The lowest BCUT2D eigenvalue weighted by atomic mass is 10.1. The Labute approximate surface area is 183 Å². The minimum absolute atomic E-state index is 0.0632. The molecule has 0 aliphatic carbocycles. The molecule has 0 saturated carbocycles. The summed E-state index contributed by atoms with van der Waals surface area (Å²) in [5.41, 5.74) is 3.50. The van der Waals surface area contributed by atoms with Gasteiger partial charge in [-0.2, -0.15) is 0 Å². The van der Waals surface area contributed by atoms with Crippen molar-refractivity contribution < 1.29 is 19.1 Å². The van der Waals surface area contributed by atoms with E-state index in [-0.39, 0.29) is 18.0 Å². The predicted octanol–water partition coefficient (Wildman–Crippen LogP) is 2.51. The van der Waals surface area contributed by atoms with Gasteiger partial charge in [0.25, 0.3) is 5.91 Å². The van der Waals surface area contributed by atoms with Gasteiger partial charge in [0, 0.05) is 43.1 Å². The second-order valence-electron chi connectivity index (χ2n) is 7.66. The third-order valence-corrected chi connectivity index (χ3v) is 5.69. The molecule has 0 bridgehead atoms. The van der Waals surface area contributed by atoms with E-state index in [0.29, 0.717) is 56.3 Å². The van der Waals surface area contributed by atoms with Gasteiger partial charge in [-0.15, -0.1) is 0 Å². The van der Waals surface area contributed by atoms with Crippen molar-refractivity contribution in [3.05, 3.63) is 54.4 Å². The van der Waals surface area contributed by atoms with E-state index in [2.05, 4.69) is 15.3 Å². The molecule has 2 aliphatic heterocycles. The topological polar surface area (TPSA) is 111 Å². The molecule has 2 saturated heterocycles. The molecule has 0 spiro atoms. The number of ether oxygens (including phenoxy) is 1. The molecule has 3 aromatic rings. The van der Waals surface area contributed by atoms with Gasteiger partial charge >= 0.3 is 12.1 Å². The molecule has 0 atom stereocenters. The average Bonchev–Trinajstić information content (AvgIpc) is 3.47. The summed E-state index contributed by atoms with van der Waals surface area (Å²) in [5.74, 6) is -0.0632. The molecule has 0 radical (unpaired) electrons. The SMILES string of the molecule is O=C(Nc1cccc(N2CCOC2=O)c1)N1CCN(C(=O)c2ccc3nc[nH]c3c2)CC1. The van der Waals surface area contributed by atoms with Crippen molar-refractivity contribution in [2.24, 2.45) is 0 Å². The van der Waals surface area contributed by atoms with Crippen LogP contribution in [-0.4, -0.2) is 77.1 Å². The van der Waals surface area contributed by atoms with E-state index in [9.17, 15) is 14.4 Å². The van der Waals surface area contributed by atoms with Gasteiger partial charge < -0.3 is 24.8 Å². The van der Waals surface area contributed by atoms with Crippen molar-refractivity contribution in [2.75, 3.05) is 49.5 Å². The number of hydrogen-bond donors (Lipinski definition) is 2. The van der Waals surface area contributed by atoms with Crippen LogP contribution in [0.15, 0.2) is 48.8 Å². The summed E-state index contributed by atoms with van der Waals surface area (Å²) in [7, 11) is 0. The zero-order chi connectivity index (χ0) is 22.1. The normalized spacial score (nSPS) is 16.4. The van der Waals surface area contributed by atoms with Gasteiger partial charge in [0.05, 0.1) is 23.9 Å². The number of amides is 4. The van der Waals surface area contributed by atoms with Crippen LogP contribution in [0.1, 0.15) is 10.4 Å². The molecule has 2 fully saturated rings. The summed E-state index contributed by atoms with van der Waals surface area (Å²) >= 11 is 0. The van der Waals surface area contributed by atoms with Gasteiger partial charge in [-0.3, -0.25) is 9.69 Å². The van der Waals surface area contributed by atoms with Crippen molar-refractivity contribution in [1.29, 1.82) is 0 Å². The van der Waals surface area contributed by atoms with Gasteiger partial charge in [-0.25, -0.2) is 14.6 Å². The maximum Gasteiger partial charge on any atom is 0.414 e. The largest absolute Gasteiger partial charge is 0.447 e. The fourth-order valence-electron chi connectivity index (χ4n) is 3.95. The number of cyclic esters (lactones) is 1. The Morgan fingerprint density at radius 3 is 2.59 bits per heavy atom. The van der Waals surface area contributed by atoms with Crippen LogP contribution < -0.4 is 10.2 Å². The number of nitrogens with zero attached hydrogens (tertiary/aromatic N) is 4. The molecule has 32 heavy (non-hydrogen) atoms. The number of piperazine rings is 1. The highest BCUT2D eigenvalue weighted by atomic mass is 16.6. The summed E-state index contributed by atoms with van der Waals surface area (Å²) in [4.78, 5) is 49.5. The highest BCUT2D eigenvalue weighted by Crippen LogP contribution is 2.23. The first kappa shape index (κ1) is 19.9. The van der Waals surface area contributed by atoms with Crippen molar-refractivity contribution in [2.45, 2.75) is 0 Å². The van der Waals surface area contributed by atoms with Gasteiger partial charge in [0.1, 0.15) is 6.61 Å². The van der Waals surface area contributed by atoms with Crippen LogP contribution in [0.25, 0.3) is 11.0 Å². The number of urea groups is 1. The number of anilines is 2. The molecule has 2 N–H and O–H groups in total. The first-order chi connectivity index (χ1) is 15.6. The molecule has 4 amide bonds. The number of carbonyl (C=O) groups excluding carboxylic acids is 3. The van der Waals surface area contributed by atoms with E-state index in [1.54, 1.807) is 52.5 Å². The number of nitrogens with one attached hydrogen (secondary N) is 2. The third-order valence-electron chi connectivity index (χ3n) is 5.69. The number of aromatic amines is 1. The molecule has 10 nitrogen and oxygen atoms in total. The predicted molar refractivity (Wildman–Crippen MR) is 118 cm³/mol. The zero-order valence-corrected chi connectivity index (χ0v) is 17.3. The van der Waals surface area contributed by atoms with E-state index in [4.69, 9.17) is 4.74 Å². The maximum absolute atomic E-state index is 12.9. The molecular weight excluding hydrogens is 412 g/mol. The number of H-pyrrole nitrogens is 1. The van der Waals surface area contributed by atoms with Crippen molar-refractivity contribution in [1.82, 2.24) is 19.8 Å². The molecule has 1 aromatic heterocycles. The number of hydrogen-bond acceptors (Lipinski definition) is 5. The number of carbonyl (C=O) groups is 3. The molecule has 5 rings (SSSR count). The Balaban J connectivity index is 1.18. The number of imidazole rings is 1. The Hall–Kier alpha value is -4.08. The summed E-state index contributed by atoms with van der Waals surface area (Å²) in [6.45, 7) is 2.61. The first-order valence-electron chi connectivity index (χ1n) is 10.4. The van der Waals surface area contributed by atoms with E-state index >= 15 is 0 Å². The summed E-state index contributed by atoms with van der Waals surface area (Å²) in [5, 5.41) is 2.88. The Morgan fingerprint density at radius 1 is 1.00 bits per heavy atom. The van der Waals surface area contributed by atoms with Crippen molar-refractivity contribution in [3.8, 4) is 0 Å². The number of aromatic nitrogens is 2. The number of benzene rings is 2. The van der Waals surface area contributed by atoms with E-state index < -0.39 is 0 Å². The molecule has 3 heterocycles. The Kier molecular flexibility index (Phi) is 5.10. The summed E-state index contributed by atoms with van der Waals surface area (Å²) in [6.07, 6.45) is 1.21. The number of fused-ring (bicyclic) bond motifs is 1. The third kappa shape index (κ3) is 3.82. The lowest BCUT2D eigenvalue weighted by Crippen LogP contribution is -2.51. The number of rotatable bonds is 3. The van der Waals surface area contributed by atoms with Crippen LogP contribution in [0.4, 0.5) is 21.0 Å². The quantitative estimate of drug-likeness (QED) is 0.658. The smallest absolute Gasteiger partial charge is 0.414 e. The lowest BCUT2D eigenvalue weighted by molar-refractivity contribution is 0.0672. The van der Waals surface area contributed by atoms with Gasteiger partial charge in [-0.1, -0.05) is 6.07 Å². The van der Waals surface area contributed by atoms with Gasteiger partial charge in [-0.05, 0) is 36.4 Å². The second-order valence-corrected chi connectivity index (χ2v) is 7.66. The van der Waals surface area contributed by atoms with Gasteiger partial charge in [0.2, 0.25) is 0 Å². The van der Waals surface area contributed by atoms with Crippen LogP contribution in [0.3, 0.4) is 0 Å². The Morgan fingerprint density at radius 2 is 1.81 bits per heavy atom. The first-order valence-corrected chi connectivity index (χ1v) is 10.4. The molecule has 10 heteroatoms. The second kappa shape index (κ2) is 8.22. The standard InChI is InChI=1S/C22H22N6O4/c29-20(15-4-5-18-19(12-15)24-14-23-18)26-6-8-27(9-7-26)21(30)25-16-2-1-3-17(13-16)28-10-11-32-22(28)31/h1-5,12-14H,6-11H2,(H,23,24)(H,25,30). The molecular formula is C22H22N6O4. The molecule has 0 unspecified atom stereocenters. The molecule has 164 valence electrons. The zero-order valence-electron chi connectivity index (χ0n) is 17.3. The van der Waals surface area contributed by atoms with Crippen LogP contribution >= 0.6 is 0 Å². The van der Waals surface area contributed by atoms with Gasteiger partial charge in [0.15, 0.2) is 0 Å². The van der Waals surface area contributed by atoms with Crippen LogP contribution in [0, 0.1) is 0 Å². The maximum atomic E-state index is 12.9. The fourth-order valence-corrected chi connectivity index (χ4v) is 3.95. The highest BCUT2D eigenvalue weighted by molar-refractivity contribution is 5.98. The van der Waals surface area contributed by atoms with E-state index in [0.717, 1.165) is 11.0 Å². The highest BCUT2D eigenvalue weighted by Gasteiger charge is 2.26.